The van der Waals surface area contributed by atoms with E-state index >= 15 is 0 Å². The first-order chi connectivity index (χ1) is 14.9. The summed E-state index contributed by atoms with van der Waals surface area (Å²) in [7, 11) is 1.32. The molecule has 0 bridgehead atoms. The Hall–Kier alpha value is -2.15. The standard InChI is InChI=1S/C24H22BrClO5/c1-29-23(28)22-13-20(15-3-2-4-16(25)11-15)19-10-9-18(30-24(19)31-22)12-21(27)14-5-7-17(26)8-6-14/h2-8,11,13,18-20,24H,9-10,12H2,1H3/t18-,19-,20-,24+/m1/s1. The Balaban J connectivity index is 1.53. The molecule has 0 spiro atoms. The number of ether oxygens (including phenoxy) is 3. The number of rotatable bonds is 5. The van der Waals surface area contributed by atoms with Crippen LogP contribution in [-0.2, 0) is 19.0 Å². The van der Waals surface area contributed by atoms with Crippen molar-refractivity contribution in [3.63, 3.8) is 0 Å². The Bertz CT molecular complexity index is 1000. The van der Waals surface area contributed by atoms with Crippen LogP contribution in [0.1, 0.15) is 41.1 Å². The molecule has 2 aliphatic rings. The van der Waals surface area contributed by atoms with E-state index < -0.39 is 12.3 Å². The molecule has 0 unspecified atom stereocenters. The number of benzene rings is 2. The fraction of sp³-hybridized carbons (Fsp3) is 0.333. The molecule has 1 saturated heterocycles. The van der Waals surface area contributed by atoms with Crippen molar-refractivity contribution >= 4 is 39.3 Å². The van der Waals surface area contributed by atoms with Crippen molar-refractivity contribution in [2.45, 2.75) is 37.6 Å². The van der Waals surface area contributed by atoms with E-state index in [0.29, 0.717) is 10.6 Å². The molecule has 0 aromatic heterocycles. The third-order valence-electron chi connectivity index (χ3n) is 5.73. The second-order valence-electron chi connectivity index (χ2n) is 7.72. The lowest BCUT2D eigenvalue weighted by Crippen LogP contribution is -2.43. The minimum absolute atomic E-state index is 0.0109. The molecule has 1 fully saturated rings. The topological polar surface area (TPSA) is 61.8 Å². The van der Waals surface area contributed by atoms with E-state index in [1.165, 1.54) is 7.11 Å². The van der Waals surface area contributed by atoms with Crippen LogP contribution in [0.2, 0.25) is 5.02 Å². The SMILES string of the molecule is COC(=O)C1=C[C@H](c2cccc(Br)c2)[C@H]2CC[C@H](CC(=O)c3ccc(Cl)cc3)O[C@H]2O1. The molecule has 162 valence electrons. The molecular formula is C24H22BrClO5. The van der Waals surface area contributed by atoms with Crippen LogP contribution in [-0.4, -0.2) is 31.3 Å². The molecule has 0 saturated carbocycles. The average molecular weight is 506 g/mol. The van der Waals surface area contributed by atoms with Crippen LogP contribution in [0.25, 0.3) is 0 Å². The lowest BCUT2D eigenvalue weighted by Gasteiger charge is -2.42. The number of fused-ring (bicyclic) bond motifs is 1. The first-order valence-corrected chi connectivity index (χ1v) is 11.3. The van der Waals surface area contributed by atoms with Gasteiger partial charge >= 0.3 is 5.97 Å². The minimum Gasteiger partial charge on any atom is -0.463 e. The molecule has 4 atom stereocenters. The molecule has 2 heterocycles. The first-order valence-electron chi connectivity index (χ1n) is 10.1. The number of halogens is 2. The lowest BCUT2D eigenvalue weighted by molar-refractivity contribution is -0.215. The second kappa shape index (κ2) is 9.55. The summed E-state index contributed by atoms with van der Waals surface area (Å²) >= 11 is 9.43. The van der Waals surface area contributed by atoms with E-state index in [-0.39, 0.29) is 35.9 Å². The van der Waals surface area contributed by atoms with E-state index in [4.69, 9.17) is 25.8 Å². The minimum atomic E-state index is -0.625. The summed E-state index contributed by atoms with van der Waals surface area (Å²) in [6, 6.07) is 14.8. The largest absolute Gasteiger partial charge is 0.463 e. The van der Waals surface area contributed by atoms with Gasteiger partial charge < -0.3 is 14.2 Å². The summed E-state index contributed by atoms with van der Waals surface area (Å²) in [6.45, 7) is 0. The number of hydrogen-bond acceptors (Lipinski definition) is 5. The first kappa shape index (κ1) is 22.1. The van der Waals surface area contributed by atoms with Crippen molar-refractivity contribution in [2.24, 2.45) is 5.92 Å². The predicted octanol–water partition coefficient (Wildman–Crippen LogP) is 5.67. The van der Waals surface area contributed by atoms with E-state index in [9.17, 15) is 9.59 Å². The highest BCUT2D eigenvalue weighted by Crippen LogP contribution is 2.43. The predicted molar refractivity (Wildman–Crippen MR) is 120 cm³/mol. The molecule has 0 radical (unpaired) electrons. The number of allylic oxidation sites excluding steroid dienone is 1. The van der Waals surface area contributed by atoms with Gasteiger partial charge in [-0.2, -0.15) is 0 Å². The van der Waals surface area contributed by atoms with Gasteiger partial charge in [-0.05, 0) is 60.9 Å². The van der Waals surface area contributed by atoms with Crippen LogP contribution in [0.5, 0.6) is 0 Å². The summed E-state index contributed by atoms with van der Waals surface area (Å²) in [5, 5.41) is 0.588. The highest BCUT2D eigenvalue weighted by molar-refractivity contribution is 9.10. The fourth-order valence-electron chi connectivity index (χ4n) is 4.17. The van der Waals surface area contributed by atoms with Crippen LogP contribution >= 0.6 is 27.5 Å². The zero-order valence-electron chi connectivity index (χ0n) is 16.9. The van der Waals surface area contributed by atoms with Crippen LogP contribution in [0, 0.1) is 5.92 Å². The quantitative estimate of drug-likeness (QED) is 0.387. The molecule has 0 amide bonds. The Kier molecular flexibility index (Phi) is 6.80. The maximum absolute atomic E-state index is 12.7. The van der Waals surface area contributed by atoms with Crippen molar-refractivity contribution in [3.8, 4) is 0 Å². The molecular weight excluding hydrogens is 484 g/mol. The van der Waals surface area contributed by atoms with Crippen molar-refractivity contribution in [2.75, 3.05) is 7.11 Å². The molecule has 2 aromatic carbocycles. The van der Waals surface area contributed by atoms with Crippen LogP contribution in [0.4, 0.5) is 0 Å². The van der Waals surface area contributed by atoms with Gasteiger partial charge in [-0.3, -0.25) is 4.79 Å². The molecule has 2 aliphatic heterocycles. The molecule has 0 N–H and O–H groups in total. The zero-order chi connectivity index (χ0) is 22.0. The summed E-state index contributed by atoms with van der Waals surface area (Å²) in [5.74, 6) is -0.439. The monoisotopic (exact) mass is 504 g/mol. The Labute approximate surface area is 194 Å². The highest BCUT2D eigenvalue weighted by Gasteiger charge is 2.43. The molecule has 31 heavy (non-hydrogen) atoms. The molecule has 7 heteroatoms. The summed E-state index contributed by atoms with van der Waals surface area (Å²) < 4.78 is 17.9. The van der Waals surface area contributed by atoms with Gasteiger partial charge in [0.25, 0.3) is 0 Å². The zero-order valence-corrected chi connectivity index (χ0v) is 19.3. The fourth-order valence-corrected chi connectivity index (χ4v) is 4.72. The summed E-state index contributed by atoms with van der Waals surface area (Å²) in [4.78, 5) is 24.9. The summed E-state index contributed by atoms with van der Waals surface area (Å²) in [6.07, 6.45) is 2.69. The third kappa shape index (κ3) is 5.03. The van der Waals surface area contributed by atoms with Gasteiger partial charge in [-0.15, -0.1) is 0 Å². The van der Waals surface area contributed by atoms with Crippen molar-refractivity contribution in [1.82, 2.24) is 0 Å². The van der Waals surface area contributed by atoms with Gasteiger partial charge in [0, 0.05) is 33.3 Å². The van der Waals surface area contributed by atoms with Crippen molar-refractivity contribution in [3.05, 3.63) is 81.0 Å². The van der Waals surface area contributed by atoms with Gasteiger partial charge in [0.1, 0.15) is 0 Å². The number of hydrogen-bond donors (Lipinski definition) is 0. The van der Waals surface area contributed by atoms with Crippen molar-refractivity contribution in [1.29, 1.82) is 0 Å². The average Bonchev–Trinajstić information content (AvgIpc) is 2.78. The molecule has 2 aromatic rings. The van der Waals surface area contributed by atoms with Crippen LogP contribution in [0.15, 0.2) is 64.8 Å². The number of carbonyl (C=O) groups excluding carboxylic acids is 2. The smallest absolute Gasteiger partial charge is 0.373 e. The van der Waals surface area contributed by atoms with Gasteiger partial charge in [0.15, 0.2) is 5.78 Å². The number of methoxy groups -OCH3 is 1. The highest BCUT2D eigenvalue weighted by atomic mass is 79.9. The molecule has 0 aliphatic carbocycles. The van der Waals surface area contributed by atoms with Gasteiger partial charge in [-0.1, -0.05) is 39.7 Å². The molecule has 4 rings (SSSR count). The second-order valence-corrected chi connectivity index (χ2v) is 9.08. The van der Waals surface area contributed by atoms with E-state index in [1.807, 2.05) is 30.3 Å². The number of ketones is 1. The Morgan fingerprint density at radius 3 is 2.65 bits per heavy atom. The maximum atomic E-state index is 12.7. The van der Waals surface area contributed by atoms with Gasteiger partial charge in [0.05, 0.1) is 13.2 Å². The summed E-state index contributed by atoms with van der Waals surface area (Å²) in [5.41, 5.74) is 1.66. The number of esters is 1. The Morgan fingerprint density at radius 2 is 1.94 bits per heavy atom. The van der Waals surface area contributed by atoms with Gasteiger partial charge in [0.2, 0.25) is 12.0 Å². The van der Waals surface area contributed by atoms with E-state index in [1.54, 1.807) is 24.3 Å². The van der Waals surface area contributed by atoms with Crippen LogP contribution in [0.3, 0.4) is 0 Å². The Morgan fingerprint density at radius 1 is 1.16 bits per heavy atom. The van der Waals surface area contributed by atoms with Crippen LogP contribution < -0.4 is 0 Å². The van der Waals surface area contributed by atoms with E-state index in [0.717, 1.165) is 22.9 Å². The van der Waals surface area contributed by atoms with Crippen molar-refractivity contribution < 1.29 is 23.8 Å². The van der Waals surface area contributed by atoms with E-state index in [2.05, 4.69) is 15.9 Å². The lowest BCUT2D eigenvalue weighted by atomic mass is 9.78. The number of carbonyl (C=O) groups is 2. The molecule has 5 nitrogen and oxygen atoms in total. The number of Topliss-reactive ketones (excluding diaryl/α,β-unsaturated/α-hetero) is 1. The van der Waals surface area contributed by atoms with Gasteiger partial charge in [-0.25, -0.2) is 4.79 Å². The normalized spacial score (nSPS) is 25.1. The third-order valence-corrected chi connectivity index (χ3v) is 6.48. The maximum Gasteiger partial charge on any atom is 0.373 e.